The lowest BCUT2D eigenvalue weighted by molar-refractivity contribution is 0.102. The summed E-state index contributed by atoms with van der Waals surface area (Å²) in [6, 6.07) is 19.2. The summed E-state index contributed by atoms with van der Waals surface area (Å²) in [7, 11) is 0. The van der Waals surface area contributed by atoms with Crippen molar-refractivity contribution in [3.8, 4) is 10.6 Å². The second-order valence-electron chi connectivity index (χ2n) is 5.76. The van der Waals surface area contributed by atoms with E-state index in [0.717, 1.165) is 34.2 Å². The summed E-state index contributed by atoms with van der Waals surface area (Å²) in [4.78, 5) is 17.5. The fourth-order valence-corrected chi connectivity index (χ4v) is 5.38. The first kappa shape index (κ1) is 18.8. The predicted octanol–water partition coefficient (Wildman–Crippen LogP) is 7.50. The minimum absolute atomic E-state index is 0.179. The van der Waals surface area contributed by atoms with Gasteiger partial charge in [0.05, 0.1) is 15.9 Å². The fraction of sp³-hybridized carbons (Fsp3) is 0. The fourth-order valence-electron chi connectivity index (χ4n) is 2.67. The number of carbonyl (C=O) groups excluding carboxylic acids is 1. The average molecular weight is 567 g/mol. The third kappa shape index (κ3) is 4.01. The van der Waals surface area contributed by atoms with Crippen molar-refractivity contribution in [3.63, 3.8) is 0 Å². The Labute approximate surface area is 185 Å². The Morgan fingerprint density at radius 3 is 2.52 bits per heavy atom. The molecule has 1 heterocycles. The van der Waals surface area contributed by atoms with E-state index in [1.165, 1.54) is 0 Å². The number of carbonyl (C=O) groups is 1. The van der Waals surface area contributed by atoms with Crippen LogP contribution in [0.15, 0.2) is 74.1 Å². The molecule has 3 nitrogen and oxygen atoms in total. The smallest absolute Gasteiger partial charge is 0.255 e. The molecule has 4 aromatic rings. The van der Waals surface area contributed by atoms with Crippen LogP contribution in [-0.2, 0) is 0 Å². The zero-order valence-electron chi connectivity index (χ0n) is 13.7. The Kier molecular flexibility index (Phi) is 5.45. The quantitative estimate of drug-likeness (QED) is 0.279. The number of benzene rings is 3. The maximum Gasteiger partial charge on any atom is 0.255 e. The molecule has 134 valence electrons. The number of hydrogen-bond donors (Lipinski definition) is 1. The van der Waals surface area contributed by atoms with Gasteiger partial charge in [-0.25, -0.2) is 4.98 Å². The molecule has 0 fully saturated rings. The van der Waals surface area contributed by atoms with Crippen molar-refractivity contribution in [2.75, 3.05) is 5.32 Å². The molecule has 0 spiro atoms. The van der Waals surface area contributed by atoms with Gasteiger partial charge in [0.2, 0.25) is 0 Å². The molecule has 0 bridgehead atoms. The van der Waals surface area contributed by atoms with Crippen LogP contribution in [0, 0.1) is 0 Å². The zero-order valence-corrected chi connectivity index (χ0v) is 19.2. The summed E-state index contributed by atoms with van der Waals surface area (Å²) in [5.41, 5.74) is 3.08. The Morgan fingerprint density at radius 2 is 1.74 bits per heavy atom. The van der Waals surface area contributed by atoms with Gasteiger partial charge >= 0.3 is 0 Å². The van der Waals surface area contributed by atoms with Gasteiger partial charge in [-0.3, -0.25) is 4.79 Å². The Morgan fingerprint density at radius 1 is 0.926 bits per heavy atom. The van der Waals surface area contributed by atoms with E-state index in [2.05, 4.69) is 53.1 Å². The molecule has 0 saturated carbocycles. The van der Waals surface area contributed by atoms with Gasteiger partial charge < -0.3 is 5.32 Å². The number of nitrogens with zero attached hydrogens (tertiary/aromatic N) is 1. The first-order valence-electron chi connectivity index (χ1n) is 7.93. The zero-order chi connectivity index (χ0) is 19.0. The van der Waals surface area contributed by atoms with Gasteiger partial charge in [-0.1, -0.05) is 50.1 Å². The molecule has 0 radical (unpaired) electrons. The number of para-hydroxylation sites is 1. The van der Waals surface area contributed by atoms with Gasteiger partial charge in [0.1, 0.15) is 5.01 Å². The van der Waals surface area contributed by atoms with Crippen LogP contribution in [0.1, 0.15) is 10.4 Å². The van der Waals surface area contributed by atoms with E-state index in [1.54, 1.807) is 23.5 Å². The number of rotatable bonds is 3. The van der Waals surface area contributed by atoms with Gasteiger partial charge in [-0.15, -0.1) is 11.3 Å². The minimum Gasteiger partial charge on any atom is -0.320 e. The highest BCUT2D eigenvalue weighted by atomic mass is 79.9. The summed E-state index contributed by atoms with van der Waals surface area (Å²) in [6.07, 6.45) is 0. The number of fused-ring (bicyclic) bond motifs is 1. The summed E-state index contributed by atoms with van der Waals surface area (Å²) < 4.78 is 3.66. The van der Waals surface area contributed by atoms with Gasteiger partial charge in [-0.05, 0) is 58.4 Å². The van der Waals surface area contributed by atoms with Crippen molar-refractivity contribution < 1.29 is 4.79 Å². The van der Waals surface area contributed by atoms with Crippen LogP contribution in [0.25, 0.3) is 20.8 Å². The second kappa shape index (κ2) is 7.83. The number of anilines is 1. The Hall–Kier alpha value is -1.54. The third-order valence-electron chi connectivity index (χ3n) is 3.90. The standard InChI is InChI=1S/C20H11Br3N2OS/c21-12-5-3-4-11(8-12)19(26)25-18-14(9-13(22)10-15(18)23)20-24-16-6-1-2-7-17(16)27-20/h1-10H,(H,25,26). The molecule has 27 heavy (non-hydrogen) atoms. The molecule has 7 heteroatoms. The normalized spacial score (nSPS) is 10.9. The lowest BCUT2D eigenvalue weighted by Crippen LogP contribution is -2.13. The minimum atomic E-state index is -0.179. The molecule has 0 saturated heterocycles. The monoisotopic (exact) mass is 564 g/mol. The van der Waals surface area contributed by atoms with Crippen LogP contribution in [-0.4, -0.2) is 10.9 Å². The van der Waals surface area contributed by atoms with Crippen LogP contribution in [0.2, 0.25) is 0 Å². The highest BCUT2D eigenvalue weighted by Gasteiger charge is 2.17. The molecule has 3 aromatic carbocycles. The van der Waals surface area contributed by atoms with E-state index in [1.807, 2.05) is 48.5 Å². The van der Waals surface area contributed by atoms with E-state index >= 15 is 0 Å². The second-order valence-corrected chi connectivity index (χ2v) is 9.48. The van der Waals surface area contributed by atoms with Crippen molar-refractivity contribution in [2.45, 2.75) is 0 Å². The Bertz CT molecular complexity index is 1140. The largest absolute Gasteiger partial charge is 0.320 e. The van der Waals surface area contributed by atoms with E-state index < -0.39 is 0 Å². The molecule has 0 aliphatic heterocycles. The molecule has 0 unspecified atom stereocenters. The number of hydrogen-bond acceptors (Lipinski definition) is 3. The molecule has 0 aliphatic carbocycles. The van der Waals surface area contributed by atoms with E-state index in [-0.39, 0.29) is 5.91 Å². The molecule has 1 N–H and O–H groups in total. The number of nitrogens with one attached hydrogen (secondary N) is 1. The SMILES string of the molecule is O=C(Nc1c(Br)cc(Br)cc1-c1nc2ccccc2s1)c1cccc(Br)c1. The molecule has 0 atom stereocenters. The number of halogens is 3. The molecule has 1 aromatic heterocycles. The maximum absolute atomic E-state index is 12.8. The lowest BCUT2D eigenvalue weighted by Gasteiger charge is -2.13. The summed E-state index contributed by atoms with van der Waals surface area (Å²) in [5.74, 6) is -0.179. The molecule has 4 rings (SSSR count). The van der Waals surface area contributed by atoms with Gasteiger partial charge in [0.25, 0.3) is 5.91 Å². The van der Waals surface area contributed by atoms with E-state index in [4.69, 9.17) is 4.98 Å². The van der Waals surface area contributed by atoms with Gasteiger partial charge in [-0.2, -0.15) is 0 Å². The number of aromatic nitrogens is 1. The average Bonchev–Trinajstić information content (AvgIpc) is 3.07. The first-order chi connectivity index (χ1) is 13.0. The van der Waals surface area contributed by atoms with Crippen molar-refractivity contribution in [1.29, 1.82) is 0 Å². The van der Waals surface area contributed by atoms with Crippen molar-refractivity contribution >= 4 is 80.9 Å². The lowest BCUT2D eigenvalue weighted by atomic mass is 10.1. The first-order valence-corrected chi connectivity index (χ1v) is 11.1. The topological polar surface area (TPSA) is 42.0 Å². The van der Waals surface area contributed by atoms with E-state index in [9.17, 15) is 4.79 Å². The maximum atomic E-state index is 12.8. The summed E-state index contributed by atoms with van der Waals surface area (Å²) in [6.45, 7) is 0. The molecule has 1 amide bonds. The summed E-state index contributed by atoms with van der Waals surface area (Å²) in [5, 5.41) is 3.88. The van der Waals surface area contributed by atoms with E-state index in [0.29, 0.717) is 11.3 Å². The molecular formula is C20H11Br3N2OS. The highest BCUT2D eigenvalue weighted by molar-refractivity contribution is 9.11. The number of thiazole rings is 1. The van der Waals surface area contributed by atoms with Crippen molar-refractivity contribution in [2.24, 2.45) is 0 Å². The van der Waals surface area contributed by atoms with Crippen LogP contribution >= 0.6 is 59.1 Å². The summed E-state index contributed by atoms with van der Waals surface area (Å²) >= 11 is 12.1. The van der Waals surface area contributed by atoms with Crippen molar-refractivity contribution in [1.82, 2.24) is 4.98 Å². The van der Waals surface area contributed by atoms with Crippen molar-refractivity contribution in [3.05, 3.63) is 79.6 Å². The van der Waals surface area contributed by atoms with Crippen LogP contribution in [0.4, 0.5) is 5.69 Å². The van der Waals surface area contributed by atoms with Gasteiger partial charge in [0, 0.05) is 24.5 Å². The molecular weight excluding hydrogens is 556 g/mol. The van der Waals surface area contributed by atoms with Crippen LogP contribution < -0.4 is 5.32 Å². The number of amides is 1. The van der Waals surface area contributed by atoms with Gasteiger partial charge in [0.15, 0.2) is 0 Å². The highest BCUT2D eigenvalue weighted by Crippen LogP contribution is 2.40. The molecule has 0 aliphatic rings. The predicted molar refractivity (Wildman–Crippen MR) is 123 cm³/mol. The van der Waals surface area contributed by atoms with Crippen LogP contribution in [0.5, 0.6) is 0 Å². The Balaban J connectivity index is 1.79. The third-order valence-corrected chi connectivity index (χ3v) is 6.55. The van der Waals surface area contributed by atoms with Crippen LogP contribution in [0.3, 0.4) is 0 Å².